The first-order valence-electron chi connectivity index (χ1n) is 6.81. The van der Waals surface area contributed by atoms with Gasteiger partial charge in [-0.15, -0.1) is 11.3 Å². The van der Waals surface area contributed by atoms with E-state index < -0.39 is 0 Å². The molecule has 0 amide bonds. The number of rotatable bonds is 3. The smallest absolute Gasteiger partial charge is 0.263 e. The van der Waals surface area contributed by atoms with E-state index in [0.717, 1.165) is 29.5 Å². The Labute approximate surface area is 125 Å². The molecule has 0 spiro atoms. The predicted molar refractivity (Wildman–Crippen MR) is 82.5 cm³/mol. The topological polar surface area (TPSA) is 58.7 Å². The molecule has 6 heteroatoms. The summed E-state index contributed by atoms with van der Waals surface area (Å²) >= 11 is 3.00. The molecule has 1 aliphatic carbocycles. The van der Waals surface area contributed by atoms with E-state index in [1.807, 2.05) is 6.92 Å². The van der Waals surface area contributed by atoms with E-state index in [0.29, 0.717) is 17.5 Å². The Hall–Kier alpha value is -1.32. The number of thiophene rings is 1. The fraction of sp³-hybridized carbons (Fsp3) is 0.500. The van der Waals surface area contributed by atoms with Crippen LogP contribution in [0.3, 0.4) is 0 Å². The summed E-state index contributed by atoms with van der Waals surface area (Å²) in [5, 5.41) is 10.2. The van der Waals surface area contributed by atoms with Gasteiger partial charge in [-0.05, 0) is 38.2 Å². The Kier molecular flexibility index (Phi) is 3.81. The molecular formula is C14H15N3OS2. The largest absolute Gasteiger partial charge is 0.287 e. The number of thioether (sulfide) groups is 1. The van der Waals surface area contributed by atoms with Crippen LogP contribution in [0.15, 0.2) is 9.95 Å². The average Bonchev–Trinajstić information content (AvgIpc) is 2.83. The van der Waals surface area contributed by atoms with Gasteiger partial charge < -0.3 is 0 Å². The Balaban J connectivity index is 2.24. The lowest BCUT2D eigenvalue weighted by molar-refractivity contribution is 0.634. The third kappa shape index (κ3) is 2.15. The van der Waals surface area contributed by atoms with E-state index in [4.69, 9.17) is 5.26 Å². The van der Waals surface area contributed by atoms with Gasteiger partial charge in [0.2, 0.25) is 0 Å². The molecule has 0 saturated carbocycles. The maximum absolute atomic E-state index is 12.7. The van der Waals surface area contributed by atoms with Crippen LogP contribution in [0.5, 0.6) is 0 Å². The van der Waals surface area contributed by atoms with Gasteiger partial charge in [-0.1, -0.05) is 11.8 Å². The van der Waals surface area contributed by atoms with Crippen molar-refractivity contribution >= 4 is 33.3 Å². The highest BCUT2D eigenvalue weighted by atomic mass is 32.2. The molecule has 1 aliphatic rings. The summed E-state index contributed by atoms with van der Waals surface area (Å²) in [4.78, 5) is 19.5. The van der Waals surface area contributed by atoms with E-state index in [1.54, 1.807) is 15.9 Å². The molecule has 2 heterocycles. The summed E-state index contributed by atoms with van der Waals surface area (Å²) in [6, 6.07) is 2.09. The van der Waals surface area contributed by atoms with Crippen molar-refractivity contribution in [3.8, 4) is 6.07 Å². The van der Waals surface area contributed by atoms with Crippen molar-refractivity contribution in [1.29, 1.82) is 5.26 Å². The van der Waals surface area contributed by atoms with Crippen molar-refractivity contribution in [2.75, 3.05) is 5.75 Å². The number of nitrogens with zero attached hydrogens (tertiary/aromatic N) is 3. The van der Waals surface area contributed by atoms with Crippen LogP contribution in [0, 0.1) is 11.3 Å². The number of nitriles is 1. The van der Waals surface area contributed by atoms with Gasteiger partial charge in [-0.3, -0.25) is 9.36 Å². The van der Waals surface area contributed by atoms with Crippen LogP contribution in [-0.4, -0.2) is 15.3 Å². The summed E-state index contributed by atoms with van der Waals surface area (Å²) in [5.74, 6) is 0.322. The van der Waals surface area contributed by atoms with Gasteiger partial charge in [0, 0.05) is 11.4 Å². The first kappa shape index (κ1) is 13.7. The van der Waals surface area contributed by atoms with Gasteiger partial charge >= 0.3 is 0 Å². The monoisotopic (exact) mass is 305 g/mol. The highest BCUT2D eigenvalue weighted by molar-refractivity contribution is 7.99. The van der Waals surface area contributed by atoms with Gasteiger partial charge in [0.25, 0.3) is 5.56 Å². The molecule has 3 rings (SSSR count). The molecule has 0 bridgehead atoms. The van der Waals surface area contributed by atoms with Crippen LogP contribution in [0.1, 0.15) is 30.2 Å². The first-order chi connectivity index (χ1) is 9.76. The van der Waals surface area contributed by atoms with E-state index in [9.17, 15) is 4.79 Å². The third-order valence-electron chi connectivity index (χ3n) is 3.62. The Bertz CT molecular complexity index is 754. The lowest BCUT2D eigenvalue weighted by atomic mass is 9.97. The van der Waals surface area contributed by atoms with Gasteiger partial charge in [0.15, 0.2) is 5.16 Å². The van der Waals surface area contributed by atoms with Crippen LogP contribution >= 0.6 is 23.1 Å². The quantitative estimate of drug-likeness (QED) is 0.646. The maximum atomic E-state index is 12.7. The molecule has 20 heavy (non-hydrogen) atoms. The molecule has 0 fully saturated rings. The molecular weight excluding hydrogens is 290 g/mol. The van der Waals surface area contributed by atoms with Crippen molar-refractivity contribution in [2.45, 2.75) is 44.3 Å². The standard InChI is InChI=1S/C14H15N3OS2/c1-2-17-13(18)11-9-5-3-4-6-10(9)20-12(11)16-14(17)19-8-7-15/h2-6,8H2,1H3. The predicted octanol–water partition coefficient (Wildman–Crippen LogP) is 2.97. The minimum Gasteiger partial charge on any atom is -0.287 e. The molecule has 0 saturated heterocycles. The molecule has 0 radical (unpaired) electrons. The second kappa shape index (κ2) is 5.58. The van der Waals surface area contributed by atoms with E-state index in [1.165, 1.54) is 28.6 Å². The Morgan fingerprint density at radius 3 is 3.00 bits per heavy atom. The van der Waals surface area contributed by atoms with Gasteiger partial charge in [-0.25, -0.2) is 4.98 Å². The zero-order valence-corrected chi connectivity index (χ0v) is 12.9. The summed E-state index contributed by atoms with van der Waals surface area (Å²) < 4.78 is 1.70. The number of hydrogen-bond donors (Lipinski definition) is 0. The van der Waals surface area contributed by atoms with E-state index in [2.05, 4.69) is 11.1 Å². The number of fused-ring (bicyclic) bond motifs is 3. The number of aryl methyl sites for hydroxylation is 2. The molecule has 2 aromatic heterocycles. The summed E-state index contributed by atoms with van der Waals surface area (Å²) in [7, 11) is 0. The van der Waals surface area contributed by atoms with E-state index >= 15 is 0 Å². The Morgan fingerprint density at radius 2 is 2.25 bits per heavy atom. The van der Waals surface area contributed by atoms with Crippen molar-refractivity contribution in [3.05, 3.63) is 20.8 Å². The molecule has 4 nitrogen and oxygen atoms in total. The minimum absolute atomic E-state index is 0.0670. The maximum Gasteiger partial charge on any atom is 0.263 e. The molecule has 0 N–H and O–H groups in total. The lowest BCUT2D eigenvalue weighted by Gasteiger charge is -2.11. The van der Waals surface area contributed by atoms with Crippen molar-refractivity contribution in [3.63, 3.8) is 0 Å². The SMILES string of the molecule is CCn1c(SCC#N)nc2sc3c(c2c1=O)CCCC3. The average molecular weight is 305 g/mol. The fourth-order valence-corrected chi connectivity index (χ4v) is 4.73. The van der Waals surface area contributed by atoms with Crippen LogP contribution in [0.4, 0.5) is 0 Å². The van der Waals surface area contributed by atoms with Crippen LogP contribution in [-0.2, 0) is 19.4 Å². The Morgan fingerprint density at radius 1 is 1.45 bits per heavy atom. The normalized spacial score (nSPS) is 14.2. The van der Waals surface area contributed by atoms with Crippen LogP contribution in [0.2, 0.25) is 0 Å². The fourth-order valence-electron chi connectivity index (χ4n) is 2.71. The minimum atomic E-state index is 0.0670. The second-order valence-electron chi connectivity index (χ2n) is 4.78. The highest BCUT2D eigenvalue weighted by Crippen LogP contribution is 2.34. The molecule has 0 aromatic carbocycles. The first-order valence-corrected chi connectivity index (χ1v) is 8.61. The van der Waals surface area contributed by atoms with Crippen molar-refractivity contribution in [2.24, 2.45) is 0 Å². The summed E-state index contributed by atoms with van der Waals surface area (Å²) in [6.45, 7) is 2.55. The van der Waals surface area contributed by atoms with Crippen LogP contribution < -0.4 is 5.56 Å². The van der Waals surface area contributed by atoms with E-state index in [-0.39, 0.29) is 5.56 Å². The zero-order chi connectivity index (χ0) is 14.1. The molecule has 0 aliphatic heterocycles. The van der Waals surface area contributed by atoms with Crippen molar-refractivity contribution in [1.82, 2.24) is 9.55 Å². The van der Waals surface area contributed by atoms with Gasteiger partial charge in [0.1, 0.15) is 4.83 Å². The molecule has 0 unspecified atom stereocenters. The van der Waals surface area contributed by atoms with Crippen molar-refractivity contribution < 1.29 is 0 Å². The molecule has 2 aromatic rings. The van der Waals surface area contributed by atoms with Gasteiger partial charge in [0.05, 0.1) is 17.2 Å². The zero-order valence-electron chi connectivity index (χ0n) is 11.3. The number of aromatic nitrogens is 2. The third-order valence-corrected chi connectivity index (χ3v) is 5.65. The van der Waals surface area contributed by atoms with Crippen LogP contribution in [0.25, 0.3) is 10.2 Å². The lowest BCUT2D eigenvalue weighted by Crippen LogP contribution is -2.23. The molecule has 0 atom stereocenters. The molecule has 104 valence electrons. The second-order valence-corrected chi connectivity index (χ2v) is 6.81. The number of hydrogen-bond acceptors (Lipinski definition) is 5. The highest BCUT2D eigenvalue weighted by Gasteiger charge is 2.21. The summed E-state index contributed by atoms with van der Waals surface area (Å²) in [6.07, 6.45) is 4.44. The van der Waals surface area contributed by atoms with Gasteiger partial charge in [-0.2, -0.15) is 5.26 Å². The summed E-state index contributed by atoms with van der Waals surface area (Å²) in [5.41, 5.74) is 1.30.